The molecule has 0 aliphatic carbocycles. The van der Waals surface area contributed by atoms with Crippen molar-refractivity contribution >= 4 is 88.7 Å². The molecule has 116 heavy (non-hydrogen) atoms. The summed E-state index contributed by atoms with van der Waals surface area (Å²) < 4.78 is 6.04. The Labute approximate surface area is 674 Å². The van der Waals surface area contributed by atoms with Gasteiger partial charge in [0.25, 0.3) is 0 Å². The van der Waals surface area contributed by atoms with E-state index in [4.69, 9.17) is 16.2 Å². The molecule has 20 atom stereocenters. The van der Waals surface area contributed by atoms with Crippen LogP contribution >= 0.6 is 0 Å². The zero-order chi connectivity index (χ0) is 86.8. The molecular weight excluding hydrogens is 1520 g/mol. The number of esters is 1. The van der Waals surface area contributed by atoms with E-state index in [1.54, 1.807) is 0 Å². The summed E-state index contributed by atoms with van der Waals surface area (Å²) in [6, 6.07) is -15.8. The van der Waals surface area contributed by atoms with Crippen molar-refractivity contribution in [1.82, 2.24) is 68.3 Å². The van der Waals surface area contributed by atoms with E-state index < -0.39 is 255 Å². The van der Waals surface area contributed by atoms with E-state index in [1.807, 2.05) is 0 Å². The number of nitrogens with zero attached hydrogens (tertiary/aromatic N) is 2. The van der Waals surface area contributed by atoms with Crippen molar-refractivity contribution in [3.8, 4) is 5.75 Å². The van der Waals surface area contributed by atoms with Crippen LogP contribution in [0, 0.1) is 5.92 Å². The molecule has 3 aliphatic heterocycles. The average Bonchev–Trinajstić information content (AvgIpc) is 1.64. The van der Waals surface area contributed by atoms with Crippen molar-refractivity contribution in [1.29, 1.82) is 0 Å². The SMILES string of the molecule is CCCCCCCCCCCCC[C@@H]1CC(=O)N[C@H]([C@@H](C)O)C(=O)N[C@H](C)C(=O)N[C@@H](Cc2ccc(O)cc2)C(=O)N[C@@H](C(C)C)C(=O)N2C[C@H](O)C[C@H]2C(=O)N[C@H]([C@@H](C)O)C(=O)N[C@@H]([C@@H](C)O)C(=O)N2CC[C@H](O)[C@H]2C(=O)N[C@@H]([C@H](O)CC(N)=O)C(=O)NCC(=O)N[C@H]([C@@H](C)O)C(=O)N[C@@H](CCCNCCC[C@@H](N)C(=O)O)C(=O)O1. The van der Waals surface area contributed by atoms with Crippen LogP contribution in [0.3, 0.4) is 0 Å². The summed E-state index contributed by atoms with van der Waals surface area (Å²) in [4.78, 5) is 212. The second kappa shape index (κ2) is 49.7. The number of phenols is 1. The number of amides is 13. The number of carbonyl (C=O) groups excluding carboxylic acids is 14. The number of unbranched alkanes of at least 4 members (excludes halogenated alkanes) is 10. The molecule has 3 heterocycles. The summed E-state index contributed by atoms with van der Waals surface area (Å²) in [6.45, 7) is 9.00. The van der Waals surface area contributed by atoms with Gasteiger partial charge in [0.15, 0.2) is 0 Å². The van der Waals surface area contributed by atoms with Crippen LogP contribution in [0.15, 0.2) is 24.3 Å². The number of aliphatic carboxylic acids is 1. The first-order chi connectivity index (χ1) is 54.7. The van der Waals surface area contributed by atoms with Crippen LogP contribution in [-0.4, -0.2) is 299 Å². The number of cyclic esters (lactones) is 1. The quantitative estimate of drug-likeness (QED) is 0.0243. The van der Waals surface area contributed by atoms with E-state index >= 15 is 0 Å². The summed E-state index contributed by atoms with van der Waals surface area (Å²) in [5, 5.41) is 124. The summed E-state index contributed by atoms with van der Waals surface area (Å²) in [5.74, 6) is -18.6. The third kappa shape index (κ3) is 32.7. The summed E-state index contributed by atoms with van der Waals surface area (Å²) >= 11 is 0. The number of hydrogen-bond acceptors (Lipinski definition) is 26. The first-order valence-electron chi connectivity index (χ1n) is 40.0. The number of fused-ring (bicyclic) bond motifs is 2. The van der Waals surface area contributed by atoms with Crippen molar-refractivity contribution in [2.45, 2.75) is 312 Å². The summed E-state index contributed by atoms with van der Waals surface area (Å²) in [5.41, 5.74) is 11.4. The number of benzene rings is 1. The van der Waals surface area contributed by atoms with E-state index in [2.05, 4.69) is 65.4 Å². The number of primary amides is 1. The molecular formula is C76H125N15O25. The molecule has 3 aliphatic rings. The zero-order valence-electron chi connectivity index (χ0n) is 67.4. The van der Waals surface area contributed by atoms with Gasteiger partial charge in [-0.3, -0.25) is 67.1 Å². The largest absolute Gasteiger partial charge is 0.508 e. The van der Waals surface area contributed by atoms with Crippen molar-refractivity contribution < 1.29 is 123 Å². The van der Waals surface area contributed by atoms with Crippen LogP contribution in [0.1, 0.15) is 189 Å². The average molecular weight is 1650 g/mol. The van der Waals surface area contributed by atoms with Crippen LogP contribution in [0.25, 0.3) is 0 Å². The number of aliphatic hydroxyl groups is 7. The molecule has 0 radical (unpaired) electrons. The van der Waals surface area contributed by atoms with Crippen LogP contribution in [-0.2, 0) is 83.1 Å². The fraction of sp³-hybridized carbons (Fsp3) is 0.724. The van der Waals surface area contributed by atoms with Crippen molar-refractivity contribution in [3.05, 3.63) is 29.8 Å². The molecule has 654 valence electrons. The molecule has 13 amide bonds. The van der Waals surface area contributed by atoms with Crippen LogP contribution in [0.5, 0.6) is 5.75 Å². The number of carbonyl (C=O) groups is 15. The van der Waals surface area contributed by atoms with Gasteiger partial charge >= 0.3 is 11.9 Å². The Kier molecular flexibility index (Phi) is 42.4. The van der Waals surface area contributed by atoms with Crippen LogP contribution < -0.4 is 70.0 Å². The van der Waals surface area contributed by atoms with Crippen LogP contribution in [0.2, 0.25) is 0 Å². The maximum atomic E-state index is 14.8. The fourth-order valence-corrected chi connectivity index (χ4v) is 13.6. The van der Waals surface area contributed by atoms with Gasteiger partial charge in [-0.25, -0.2) is 4.79 Å². The molecule has 0 spiro atoms. The molecule has 0 aromatic heterocycles. The van der Waals surface area contributed by atoms with Gasteiger partial charge in [0.2, 0.25) is 76.8 Å². The van der Waals surface area contributed by atoms with Gasteiger partial charge in [0.05, 0.1) is 62.1 Å². The van der Waals surface area contributed by atoms with Crippen molar-refractivity contribution in [3.63, 3.8) is 0 Å². The number of ether oxygens (including phenoxy) is 1. The smallest absolute Gasteiger partial charge is 0.328 e. The van der Waals surface area contributed by atoms with Gasteiger partial charge in [-0.05, 0) is 116 Å². The highest BCUT2D eigenvalue weighted by atomic mass is 16.5. The molecule has 24 N–H and O–H groups in total. The Hall–Kier alpha value is -9.29. The molecule has 40 nitrogen and oxygen atoms in total. The number of nitrogens with one attached hydrogen (secondary N) is 11. The second-order valence-electron chi connectivity index (χ2n) is 30.7. The Morgan fingerprint density at radius 1 is 0.560 bits per heavy atom. The molecule has 0 saturated carbocycles. The van der Waals surface area contributed by atoms with Crippen molar-refractivity contribution in [2.75, 3.05) is 32.7 Å². The van der Waals surface area contributed by atoms with Gasteiger partial charge in [0, 0.05) is 25.9 Å². The molecule has 3 fully saturated rings. The number of carboxylic acids is 1. The number of aromatic hydroxyl groups is 1. The van der Waals surface area contributed by atoms with Gasteiger partial charge in [-0.15, -0.1) is 0 Å². The first kappa shape index (κ1) is 99.1. The second-order valence-corrected chi connectivity index (χ2v) is 30.7. The Bertz CT molecular complexity index is 3440. The maximum absolute atomic E-state index is 14.8. The molecule has 3 saturated heterocycles. The van der Waals surface area contributed by atoms with E-state index in [0.717, 1.165) is 90.4 Å². The molecule has 1 aromatic rings. The topological polar surface area (TPSA) is 638 Å². The number of rotatable bonds is 31. The maximum Gasteiger partial charge on any atom is 0.328 e. The minimum Gasteiger partial charge on any atom is -0.508 e. The third-order valence-corrected chi connectivity index (χ3v) is 20.3. The predicted molar refractivity (Wildman–Crippen MR) is 414 cm³/mol. The predicted octanol–water partition coefficient (Wildman–Crippen LogP) is -5.65. The Morgan fingerprint density at radius 3 is 1.64 bits per heavy atom. The van der Waals surface area contributed by atoms with Gasteiger partial charge in [0.1, 0.15) is 84.4 Å². The molecule has 4 rings (SSSR count). The molecule has 0 bridgehead atoms. The zero-order valence-corrected chi connectivity index (χ0v) is 67.4. The minimum absolute atomic E-state index is 0.0307. The highest BCUT2D eigenvalue weighted by molar-refractivity contribution is 6.00. The van der Waals surface area contributed by atoms with Crippen LogP contribution in [0.4, 0.5) is 0 Å². The lowest BCUT2D eigenvalue weighted by molar-refractivity contribution is -0.155. The third-order valence-electron chi connectivity index (χ3n) is 20.3. The molecule has 40 heteroatoms. The van der Waals surface area contributed by atoms with Gasteiger partial charge < -0.3 is 130 Å². The normalized spacial score (nSPS) is 27.3. The monoisotopic (exact) mass is 1650 g/mol. The van der Waals surface area contributed by atoms with E-state index in [9.17, 15) is 118 Å². The Morgan fingerprint density at radius 2 is 1.07 bits per heavy atom. The lowest BCUT2D eigenvalue weighted by Crippen LogP contribution is -2.64. The lowest BCUT2D eigenvalue weighted by atomic mass is 9.99. The minimum atomic E-state index is -2.25. The molecule has 0 unspecified atom stereocenters. The molecule has 1 aromatic carbocycles. The number of carboxylic acid groups (broad SMARTS) is 1. The standard InChI is InChI=1S/C76H125N15O25/c1-9-10-11-12-13-14-15-16-17-18-19-22-48-35-56(101)84-59(41(5)92)69(107)81-40(4)65(103)83-51(33-45-25-27-46(96)28-26-45)66(104)86-58(39(2)3)73(111)91-38-47(97)34-52(91)67(105)87-61(43(7)94)71(109)88-62(44(8)95)74(112)90-32-29-53(98)64(90)72(110)89-63(54(99)36-55(78)100)68(106)80-37-57(102)85-60(42(6)93)70(108)82-50(76(115)116-48)24-21-31-79-30-20-23-49(77)75(113)114/h25-28,39-44,47-54,58-64,79,92-99H,9-24,29-38,77H2,1-8H3,(H2,78,100)(H,80,106)(H,81,107)(H,82,108)(H,83,103)(H,84,101)(H,85,102)(H,86,104)(H,87,105)(H,88,109)(H,89,110)(H,113,114)/t40-,41-,42-,43-,44-,47-,48-,49-,50+,51+,52+,53+,54-,58+,59-,60-,61-,62+,63+,64+/m1/s1. The number of phenolic OH excluding ortho intramolecular Hbond substituents is 1. The van der Waals surface area contributed by atoms with E-state index in [-0.39, 0.29) is 57.4 Å². The summed E-state index contributed by atoms with van der Waals surface area (Å²) in [6.07, 6.45) is -6.17. The Balaban J connectivity index is 1.83. The number of hydrogen-bond donors (Lipinski definition) is 22. The first-order valence-corrected chi connectivity index (χ1v) is 40.0. The van der Waals surface area contributed by atoms with E-state index in [0.29, 0.717) is 29.7 Å². The highest BCUT2D eigenvalue weighted by Crippen LogP contribution is 2.25. The number of aliphatic hydroxyl groups excluding tert-OH is 7. The lowest BCUT2D eigenvalue weighted by Gasteiger charge is -2.34. The van der Waals surface area contributed by atoms with Crippen molar-refractivity contribution in [2.24, 2.45) is 17.4 Å². The fourth-order valence-electron chi connectivity index (χ4n) is 13.6. The number of nitrogens with two attached hydrogens (primary N) is 2. The van der Waals surface area contributed by atoms with Gasteiger partial charge in [-0.2, -0.15) is 0 Å². The van der Waals surface area contributed by atoms with Gasteiger partial charge in [-0.1, -0.05) is 97.1 Å². The van der Waals surface area contributed by atoms with E-state index in [1.165, 1.54) is 45.0 Å². The highest BCUT2D eigenvalue weighted by Gasteiger charge is 2.48. The summed E-state index contributed by atoms with van der Waals surface area (Å²) in [7, 11) is 0.